The molecule has 0 radical (unpaired) electrons. The molecule has 0 unspecified atom stereocenters. The molecule has 0 N–H and O–H groups in total. The molecule has 1 aliphatic heterocycles. The topological polar surface area (TPSA) is 18.5 Å². The Morgan fingerprint density at radius 3 is 2.75 bits per heavy atom. The Balaban J connectivity index is 2.09. The Morgan fingerprint density at radius 1 is 1.35 bits per heavy atom. The molecule has 114 valence electrons. The van der Waals surface area contributed by atoms with Crippen LogP contribution in [0.15, 0.2) is 12.7 Å². The minimum Gasteiger partial charge on any atom is -0.353 e. The standard InChI is InChI=1S/C18H30O2/c1-6-10-16(3)13(2)11-18(19-5)17(4)14(12-20-18)8-7-9-15(16)17/h6,13-15H,1,7-12H2,2-5H3/t13-,14-,15-,16+,17+,18-/m1/s1. The fourth-order valence-electron chi connectivity index (χ4n) is 5.97. The number of rotatable bonds is 3. The van der Waals surface area contributed by atoms with Crippen LogP contribution in [0.2, 0.25) is 0 Å². The molecule has 6 atom stereocenters. The van der Waals surface area contributed by atoms with E-state index in [2.05, 4.69) is 33.4 Å². The van der Waals surface area contributed by atoms with E-state index in [9.17, 15) is 0 Å². The molecule has 0 amide bonds. The third-order valence-corrected chi connectivity index (χ3v) is 7.37. The van der Waals surface area contributed by atoms with Gasteiger partial charge in [0.25, 0.3) is 0 Å². The first-order valence-electron chi connectivity index (χ1n) is 8.24. The summed E-state index contributed by atoms with van der Waals surface area (Å²) in [5.41, 5.74) is 0.509. The molecule has 3 aliphatic rings. The van der Waals surface area contributed by atoms with E-state index in [1.807, 2.05) is 7.11 Å². The first-order valence-corrected chi connectivity index (χ1v) is 8.24. The highest BCUT2D eigenvalue weighted by atomic mass is 16.7. The average molecular weight is 278 g/mol. The monoisotopic (exact) mass is 278 g/mol. The van der Waals surface area contributed by atoms with Gasteiger partial charge in [-0.15, -0.1) is 6.58 Å². The van der Waals surface area contributed by atoms with Gasteiger partial charge >= 0.3 is 0 Å². The second kappa shape index (κ2) is 4.58. The zero-order chi connectivity index (χ0) is 14.6. The second-order valence-corrected chi connectivity index (χ2v) is 7.83. The van der Waals surface area contributed by atoms with E-state index in [0.29, 0.717) is 23.2 Å². The van der Waals surface area contributed by atoms with Crippen LogP contribution in [0.5, 0.6) is 0 Å². The van der Waals surface area contributed by atoms with Crippen LogP contribution < -0.4 is 0 Å². The molecule has 1 heterocycles. The lowest BCUT2D eigenvalue weighted by molar-refractivity contribution is -0.308. The summed E-state index contributed by atoms with van der Waals surface area (Å²) in [4.78, 5) is 0. The zero-order valence-corrected chi connectivity index (χ0v) is 13.6. The van der Waals surface area contributed by atoms with E-state index in [-0.39, 0.29) is 11.2 Å². The largest absolute Gasteiger partial charge is 0.353 e. The van der Waals surface area contributed by atoms with E-state index in [1.54, 1.807) is 0 Å². The van der Waals surface area contributed by atoms with Gasteiger partial charge in [0, 0.05) is 18.9 Å². The van der Waals surface area contributed by atoms with Gasteiger partial charge in [-0.2, -0.15) is 0 Å². The minimum atomic E-state index is -0.344. The summed E-state index contributed by atoms with van der Waals surface area (Å²) in [6.07, 6.45) is 8.22. The molecule has 3 fully saturated rings. The Morgan fingerprint density at radius 2 is 2.10 bits per heavy atom. The van der Waals surface area contributed by atoms with Crippen molar-refractivity contribution in [2.75, 3.05) is 13.7 Å². The zero-order valence-electron chi connectivity index (χ0n) is 13.6. The van der Waals surface area contributed by atoms with Crippen molar-refractivity contribution in [2.45, 2.75) is 58.7 Å². The fourth-order valence-corrected chi connectivity index (χ4v) is 5.97. The maximum atomic E-state index is 6.30. The van der Waals surface area contributed by atoms with Crippen molar-refractivity contribution in [3.8, 4) is 0 Å². The summed E-state index contributed by atoms with van der Waals surface area (Å²) in [5, 5.41) is 0. The van der Waals surface area contributed by atoms with Crippen molar-refractivity contribution in [1.82, 2.24) is 0 Å². The van der Waals surface area contributed by atoms with Gasteiger partial charge in [0.15, 0.2) is 5.79 Å². The summed E-state index contributed by atoms with van der Waals surface area (Å²) in [6.45, 7) is 12.2. The Labute approximate surface area is 123 Å². The normalized spacial score (nSPS) is 54.5. The summed E-state index contributed by atoms with van der Waals surface area (Å²) >= 11 is 0. The summed E-state index contributed by atoms with van der Waals surface area (Å²) in [7, 11) is 1.85. The van der Waals surface area contributed by atoms with E-state index >= 15 is 0 Å². The van der Waals surface area contributed by atoms with Crippen molar-refractivity contribution < 1.29 is 9.47 Å². The van der Waals surface area contributed by atoms with E-state index in [1.165, 1.54) is 19.3 Å². The van der Waals surface area contributed by atoms with Crippen molar-refractivity contribution in [1.29, 1.82) is 0 Å². The molecule has 20 heavy (non-hydrogen) atoms. The van der Waals surface area contributed by atoms with E-state index < -0.39 is 0 Å². The van der Waals surface area contributed by atoms with Gasteiger partial charge in [-0.25, -0.2) is 0 Å². The van der Waals surface area contributed by atoms with Gasteiger partial charge in [0.05, 0.1) is 6.61 Å². The van der Waals surface area contributed by atoms with Crippen molar-refractivity contribution in [3.63, 3.8) is 0 Å². The van der Waals surface area contributed by atoms with Crippen LogP contribution in [0.3, 0.4) is 0 Å². The van der Waals surface area contributed by atoms with Crippen LogP contribution in [0.4, 0.5) is 0 Å². The molecule has 3 rings (SSSR count). The van der Waals surface area contributed by atoms with Gasteiger partial charge in [0.2, 0.25) is 0 Å². The molecule has 0 aromatic heterocycles. The quantitative estimate of drug-likeness (QED) is 0.712. The molecular weight excluding hydrogens is 248 g/mol. The Bertz CT molecular complexity index is 406. The Hall–Kier alpha value is -0.340. The van der Waals surface area contributed by atoms with Crippen LogP contribution in [0.25, 0.3) is 0 Å². The third-order valence-electron chi connectivity index (χ3n) is 7.37. The van der Waals surface area contributed by atoms with E-state index in [4.69, 9.17) is 9.47 Å². The number of allylic oxidation sites excluding steroid dienone is 1. The lowest BCUT2D eigenvalue weighted by Gasteiger charge is -2.63. The maximum Gasteiger partial charge on any atom is 0.174 e. The van der Waals surface area contributed by atoms with Gasteiger partial charge in [-0.1, -0.05) is 33.3 Å². The third kappa shape index (κ3) is 1.53. The SMILES string of the molecule is C=CC[C@@]1(C)[C@H](C)C[C@@]2(OC)OC[C@H]3CCC[C@H]1[C@]32C. The molecule has 0 spiro atoms. The fraction of sp³-hybridized carbons (Fsp3) is 0.889. The highest BCUT2D eigenvalue weighted by Crippen LogP contribution is 2.69. The highest BCUT2D eigenvalue weighted by molar-refractivity contribution is 5.15. The summed E-state index contributed by atoms with van der Waals surface area (Å²) in [5.74, 6) is 1.61. The predicted molar refractivity (Wildman–Crippen MR) is 81.3 cm³/mol. The molecule has 2 aliphatic carbocycles. The van der Waals surface area contributed by atoms with Gasteiger partial charge in [-0.05, 0) is 42.4 Å². The summed E-state index contributed by atoms with van der Waals surface area (Å²) in [6, 6.07) is 0. The van der Waals surface area contributed by atoms with Gasteiger partial charge < -0.3 is 9.47 Å². The first-order chi connectivity index (χ1) is 9.44. The van der Waals surface area contributed by atoms with Gasteiger partial charge in [-0.3, -0.25) is 0 Å². The van der Waals surface area contributed by atoms with Crippen LogP contribution in [0.1, 0.15) is 52.9 Å². The molecule has 2 saturated carbocycles. The number of methoxy groups -OCH3 is 1. The number of ether oxygens (including phenoxy) is 2. The predicted octanol–water partition coefficient (Wildman–Crippen LogP) is 4.40. The lowest BCUT2D eigenvalue weighted by Crippen LogP contribution is -2.63. The molecule has 2 heteroatoms. The van der Waals surface area contributed by atoms with Crippen molar-refractivity contribution >= 4 is 0 Å². The molecular formula is C18H30O2. The molecule has 0 aromatic carbocycles. The highest BCUT2D eigenvalue weighted by Gasteiger charge is 2.70. The van der Waals surface area contributed by atoms with Crippen molar-refractivity contribution in [2.24, 2.45) is 28.6 Å². The minimum absolute atomic E-state index is 0.171. The van der Waals surface area contributed by atoms with Gasteiger partial charge in [0.1, 0.15) is 0 Å². The van der Waals surface area contributed by atoms with Crippen molar-refractivity contribution in [3.05, 3.63) is 12.7 Å². The first kappa shape index (κ1) is 14.6. The lowest BCUT2D eigenvalue weighted by atomic mass is 9.43. The summed E-state index contributed by atoms with van der Waals surface area (Å²) < 4.78 is 12.3. The second-order valence-electron chi connectivity index (χ2n) is 7.83. The molecule has 0 bridgehead atoms. The maximum absolute atomic E-state index is 6.30. The molecule has 1 saturated heterocycles. The van der Waals surface area contributed by atoms with Crippen LogP contribution >= 0.6 is 0 Å². The number of hydrogen-bond acceptors (Lipinski definition) is 2. The van der Waals surface area contributed by atoms with Crippen LogP contribution in [-0.4, -0.2) is 19.5 Å². The smallest absolute Gasteiger partial charge is 0.174 e. The van der Waals surface area contributed by atoms with Crippen LogP contribution in [0, 0.1) is 28.6 Å². The number of hydrogen-bond donors (Lipinski definition) is 0. The molecule has 2 nitrogen and oxygen atoms in total. The van der Waals surface area contributed by atoms with E-state index in [0.717, 1.165) is 19.4 Å². The average Bonchev–Trinajstić information content (AvgIpc) is 2.71. The molecule has 0 aromatic rings. The Kier molecular flexibility index (Phi) is 3.34. The van der Waals surface area contributed by atoms with Crippen LogP contribution in [-0.2, 0) is 9.47 Å².